The third-order valence-corrected chi connectivity index (χ3v) is 5.39. The van der Waals surface area contributed by atoms with Crippen molar-refractivity contribution >= 4 is 27.4 Å². The molecule has 0 radical (unpaired) electrons. The van der Waals surface area contributed by atoms with E-state index in [0.717, 1.165) is 16.4 Å². The lowest BCUT2D eigenvalue weighted by atomic mass is 10.1. The molecule has 0 N–H and O–H groups in total. The summed E-state index contributed by atoms with van der Waals surface area (Å²) in [6.07, 6.45) is -4.60. The topological polar surface area (TPSA) is 54.5 Å². The molecule has 1 saturated heterocycles. The Morgan fingerprint density at radius 3 is 2.24 bits per heavy atom. The van der Waals surface area contributed by atoms with Crippen LogP contribution in [0.1, 0.15) is 18.4 Å². The van der Waals surface area contributed by atoms with E-state index in [4.69, 9.17) is 11.6 Å². The third kappa shape index (κ3) is 3.38. The van der Waals surface area contributed by atoms with Gasteiger partial charge in [0.1, 0.15) is 5.78 Å². The fourth-order valence-corrected chi connectivity index (χ4v) is 3.70. The summed E-state index contributed by atoms with van der Waals surface area (Å²) >= 11 is 5.46. The van der Waals surface area contributed by atoms with Crippen molar-refractivity contribution in [2.45, 2.75) is 23.9 Å². The van der Waals surface area contributed by atoms with Crippen molar-refractivity contribution in [2.75, 3.05) is 13.1 Å². The van der Waals surface area contributed by atoms with Crippen LogP contribution in [0.15, 0.2) is 23.1 Å². The molecule has 1 fully saturated rings. The minimum absolute atomic E-state index is 0.0227. The molecule has 0 bridgehead atoms. The van der Waals surface area contributed by atoms with E-state index in [1.165, 1.54) is 0 Å². The van der Waals surface area contributed by atoms with E-state index in [1.54, 1.807) is 0 Å². The fourth-order valence-electron chi connectivity index (χ4n) is 2.01. The summed E-state index contributed by atoms with van der Waals surface area (Å²) in [5.41, 5.74) is -1.20. The molecule has 0 saturated carbocycles. The molecule has 1 aromatic carbocycles. The van der Waals surface area contributed by atoms with Crippen LogP contribution in [0.25, 0.3) is 0 Å². The number of piperidine rings is 1. The first-order chi connectivity index (χ1) is 9.62. The van der Waals surface area contributed by atoms with Gasteiger partial charge in [0.05, 0.1) is 15.5 Å². The number of benzene rings is 1. The molecular weight excluding hydrogens is 331 g/mol. The molecule has 0 amide bonds. The second-order valence-corrected chi connectivity index (χ2v) is 6.93. The highest BCUT2D eigenvalue weighted by Gasteiger charge is 2.36. The molecule has 2 rings (SSSR count). The molecule has 4 nitrogen and oxygen atoms in total. The molecule has 9 heteroatoms. The molecule has 0 spiro atoms. The molecule has 0 atom stereocenters. The number of carbonyl (C=O) groups excluding carboxylic acids is 1. The smallest absolute Gasteiger partial charge is 0.300 e. The van der Waals surface area contributed by atoms with Crippen molar-refractivity contribution < 1.29 is 26.4 Å². The molecule has 1 aliphatic heterocycles. The van der Waals surface area contributed by atoms with Crippen LogP contribution in [-0.4, -0.2) is 31.6 Å². The largest absolute Gasteiger partial charge is 0.417 e. The van der Waals surface area contributed by atoms with Crippen LogP contribution in [0.2, 0.25) is 5.02 Å². The molecule has 116 valence electrons. The second kappa shape index (κ2) is 5.58. The minimum atomic E-state index is -4.74. The maximum atomic E-state index is 12.8. The van der Waals surface area contributed by atoms with Gasteiger partial charge in [0.25, 0.3) is 0 Å². The average molecular weight is 342 g/mol. The normalized spacial score (nSPS) is 18.0. The zero-order chi connectivity index (χ0) is 15.8. The highest BCUT2D eigenvalue weighted by molar-refractivity contribution is 7.89. The number of rotatable bonds is 2. The van der Waals surface area contributed by atoms with Crippen LogP contribution in [0, 0.1) is 0 Å². The Morgan fingerprint density at radius 1 is 1.14 bits per heavy atom. The summed E-state index contributed by atoms with van der Waals surface area (Å²) < 4.78 is 63.9. The third-order valence-electron chi connectivity index (χ3n) is 3.16. The number of hydrogen-bond donors (Lipinski definition) is 0. The molecule has 1 heterocycles. The quantitative estimate of drug-likeness (QED) is 0.831. The monoisotopic (exact) mass is 341 g/mol. The predicted molar refractivity (Wildman–Crippen MR) is 69.5 cm³/mol. The Labute approximate surface area is 124 Å². The second-order valence-electron chi connectivity index (χ2n) is 4.58. The number of hydrogen-bond acceptors (Lipinski definition) is 3. The summed E-state index contributed by atoms with van der Waals surface area (Å²) in [5.74, 6) is -0.0615. The van der Waals surface area contributed by atoms with E-state index < -0.39 is 31.7 Å². The van der Waals surface area contributed by atoms with Gasteiger partial charge in [-0.05, 0) is 18.2 Å². The lowest BCUT2D eigenvalue weighted by molar-refractivity contribution is -0.137. The first-order valence-electron chi connectivity index (χ1n) is 6.01. The molecular formula is C12H11ClF3NO3S. The van der Waals surface area contributed by atoms with Crippen molar-refractivity contribution in [1.82, 2.24) is 4.31 Å². The van der Waals surface area contributed by atoms with Crippen molar-refractivity contribution in [3.63, 3.8) is 0 Å². The Kier molecular flexibility index (Phi) is 4.32. The molecule has 1 aliphatic rings. The zero-order valence-electron chi connectivity index (χ0n) is 10.7. The maximum Gasteiger partial charge on any atom is 0.417 e. The van der Waals surface area contributed by atoms with E-state index in [9.17, 15) is 26.4 Å². The van der Waals surface area contributed by atoms with Crippen molar-refractivity contribution in [1.29, 1.82) is 0 Å². The molecule has 0 aromatic heterocycles. The van der Waals surface area contributed by atoms with Crippen LogP contribution < -0.4 is 0 Å². The Hall–Kier alpha value is -1.12. The van der Waals surface area contributed by atoms with E-state index in [1.807, 2.05) is 0 Å². The fraction of sp³-hybridized carbons (Fsp3) is 0.417. The highest BCUT2D eigenvalue weighted by Crippen LogP contribution is 2.36. The van der Waals surface area contributed by atoms with Crippen LogP contribution in [-0.2, 0) is 21.0 Å². The van der Waals surface area contributed by atoms with Crippen LogP contribution in [0.3, 0.4) is 0 Å². The average Bonchev–Trinajstić information content (AvgIpc) is 2.38. The maximum absolute atomic E-state index is 12.8. The van der Waals surface area contributed by atoms with Crippen molar-refractivity contribution in [3.05, 3.63) is 28.8 Å². The van der Waals surface area contributed by atoms with Gasteiger partial charge in [0, 0.05) is 25.9 Å². The zero-order valence-corrected chi connectivity index (χ0v) is 12.2. The summed E-state index contributed by atoms with van der Waals surface area (Å²) in [4.78, 5) is 10.6. The number of Topliss-reactive ketones (excluding diaryl/α,β-unsaturated/α-hetero) is 1. The Bertz CT molecular complexity index is 663. The van der Waals surface area contributed by atoms with Gasteiger partial charge in [-0.2, -0.15) is 17.5 Å². The van der Waals surface area contributed by atoms with Crippen molar-refractivity contribution in [2.24, 2.45) is 0 Å². The van der Waals surface area contributed by atoms with Gasteiger partial charge in [-0.1, -0.05) is 11.6 Å². The van der Waals surface area contributed by atoms with E-state index >= 15 is 0 Å². The van der Waals surface area contributed by atoms with Gasteiger partial charge in [-0.15, -0.1) is 0 Å². The van der Waals surface area contributed by atoms with Gasteiger partial charge in [0.15, 0.2) is 0 Å². The molecule has 21 heavy (non-hydrogen) atoms. The SMILES string of the molecule is O=C1CCN(S(=O)(=O)c2ccc(Cl)c(C(F)(F)F)c2)CC1. The molecule has 0 aliphatic carbocycles. The Balaban J connectivity index is 2.39. The number of sulfonamides is 1. The summed E-state index contributed by atoms with van der Waals surface area (Å²) in [6, 6.07) is 2.46. The number of carbonyl (C=O) groups is 1. The van der Waals surface area contributed by atoms with Crippen LogP contribution in [0.4, 0.5) is 13.2 Å². The van der Waals surface area contributed by atoms with Gasteiger partial charge >= 0.3 is 6.18 Å². The van der Waals surface area contributed by atoms with Crippen LogP contribution in [0.5, 0.6) is 0 Å². The first kappa shape index (κ1) is 16.3. The van der Waals surface area contributed by atoms with Gasteiger partial charge < -0.3 is 0 Å². The van der Waals surface area contributed by atoms with Crippen LogP contribution >= 0.6 is 11.6 Å². The van der Waals surface area contributed by atoms with Gasteiger partial charge in [0.2, 0.25) is 10.0 Å². The van der Waals surface area contributed by atoms with Gasteiger partial charge in [-0.25, -0.2) is 8.42 Å². The first-order valence-corrected chi connectivity index (χ1v) is 7.83. The number of nitrogens with zero attached hydrogens (tertiary/aromatic N) is 1. The van der Waals surface area contributed by atoms with Crippen molar-refractivity contribution in [3.8, 4) is 0 Å². The lowest BCUT2D eigenvalue weighted by Gasteiger charge is -2.25. The summed E-state index contributed by atoms with van der Waals surface area (Å²) in [5, 5.41) is -0.560. The van der Waals surface area contributed by atoms with E-state index in [-0.39, 0.29) is 31.7 Å². The predicted octanol–water partition coefficient (Wildman–Crippen LogP) is 2.71. The molecule has 0 unspecified atom stereocenters. The Morgan fingerprint density at radius 2 is 1.71 bits per heavy atom. The van der Waals surface area contributed by atoms with E-state index in [2.05, 4.69) is 0 Å². The van der Waals surface area contributed by atoms with Gasteiger partial charge in [-0.3, -0.25) is 4.79 Å². The highest BCUT2D eigenvalue weighted by atomic mass is 35.5. The number of halogens is 4. The summed E-state index contributed by atoms with van der Waals surface area (Å²) in [7, 11) is -4.06. The number of ketones is 1. The number of alkyl halides is 3. The summed E-state index contributed by atoms with van der Waals surface area (Å²) in [6.45, 7) is -0.0453. The van der Waals surface area contributed by atoms with E-state index in [0.29, 0.717) is 6.07 Å². The minimum Gasteiger partial charge on any atom is -0.300 e. The molecule has 1 aromatic rings. The lowest BCUT2D eigenvalue weighted by Crippen LogP contribution is -2.38. The standard InChI is InChI=1S/C12H11ClF3NO3S/c13-11-2-1-9(7-10(11)12(14,15)16)21(19,20)17-5-3-8(18)4-6-17/h1-2,7H,3-6H2.